The molecule has 0 bridgehead atoms. The Labute approximate surface area is 248 Å². The molecule has 0 unspecified atom stereocenters. The lowest BCUT2D eigenvalue weighted by Crippen LogP contribution is -2.27. The van der Waals surface area contributed by atoms with Crippen molar-refractivity contribution in [2.75, 3.05) is 19.1 Å². The predicted octanol–water partition coefficient (Wildman–Crippen LogP) is 5.21. The van der Waals surface area contributed by atoms with E-state index in [4.69, 9.17) is 19.4 Å². The van der Waals surface area contributed by atoms with E-state index in [-0.39, 0.29) is 11.1 Å². The monoisotopic (exact) mass is 573 g/mol. The zero-order valence-electron chi connectivity index (χ0n) is 24.4. The minimum absolute atomic E-state index is 0.157. The number of anilines is 1. The summed E-state index contributed by atoms with van der Waals surface area (Å²) < 4.78 is 14.2. The quantitative estimate of drug-likeness (QED) is 0.247. The highest BCUT2D eigenvalue weighted by Crippen LogP contribution is 2.35. The molecule has 0 aliphatic heterocycles. The van der Waals surface area contributed by atoms with Gasteiger partial charge in [0.15, 0.2) is 0 Å². The van der Waals surface area contributed by atoms with Gasteiger partial charge in [-0.05, 0) is 73.0 Å². The zero-order valence-corrected chi connectivity index (χ0v) is 24.4. The summed E-state index contributed by atoms with van der Waals surface area (Å²) in [5, 5.41) is 0. The molecular weight excluding hydrogens is 542 g/mol. The van der Waals surface area contributed by atoms with E-state index in [9.17, 15) is 9.59 Å². The predicted molar refractivity (Wildman–Crippen MR) is 167 cm³/mol. The Morgan fingerprint density at radius 3 is 1.77 bits per heavy atom. The van der Waals surface area contributed by atoms with Gasteiger partial charge < -0.3 is 14.4 Å². The van der Waals surface area contributed by atoms with Crippen LogP contribution in [0.5, 0.6) is 11.5 Å². The van der Waals surface area contributed by atoms with E-state index in [1.165, 1.54) is 0 Å². The fourth-order valence-corrected chi connectivity index (χ4v) is 5.30. The minimum atomic E-state index is -0.157. The van der Waals surface area contributed by atoms with E-state index in [2.05, 4.69) is 4.90 Å². The van der Waals surface area contributed by atoms with Crippen LogP contribution in [0.25, 0.3) is 22.4 Å². The van der Waals surface area contributed by atoms with E-state index >= 15 is 0 Å². The second-order valence-corrected chi connectivity index (χ2v) is 10.4. The summed E-state index contributed by atoms with van der Waals surface area (Å²) in [6, 6.07) is 24.3. The van der Waals surface area contributed by atoms with Gasteiger partial charge >= 0.3 is 0 Å². The second kappa shape index (κ2) is 11.4. The summed E-state index contributed by atoms with van der Waals surface area (Å²) in [5.74, 6) is 1.47. The van der Waals surface area contributed by atoms with Crippen LogP contribution in [-0.2, 0) is 13.1 Å². The fourth-order valence-electron chi connectivity index (χ4n) is 5.30. The number of fused-ring (bicyclic) bond motifs is 2. The van der Waals surface area contributed by atoms with Crippen LogP contribution in [0.15, 0.2) is 101 Å². The molecule has 43 heavy (non-hydrogen) atoms. The number of ether oxygens (including phenoxy) is 2. The van der Waals surface area contributed by atoms with Crippen LogP contribution in [0.2, 0.25) is 0 Å². The molecule has 9 nitrogen and oxygen atoms in total. The lowest BCUT2D eigenvalue weighted by Gasteiger charge is -2.26. The van der Waals surface area contributed by atoms with Crippen molar-refractivity contribution in [1.29, 1.82) is 0 Å². The van der Waals surface area contributed by atoms with Crippen molar-refractivity contribution in [2.45, 2.75) is 26.9 Å². The number of methoxy groups -OCH3 is 2. The number of benzene rings is 2. The molecule has 0 atom stereocenters. The van der Waals surface area contributed by atoms with Crippen LogP contribution in [-0.4, -0.2) is 33.0 Å². The second-order valence-electron chi connectivity index (χ2n) is 10.4. The molecular formula is C34H31N5O4. The molecule has 0 saturated carbocycles. The van der Waals surface area contributed by atoms with Gasteiger partial charge in [0.05, 0.1) is 38.7 Å². The van der Waals surface area contributed by atoms with Crippen molar-refractivity contribution in [2.24, 2.45) is 0 Å². The summed E-state index contributed by atoms with van der Waals surface area (Å²) in [4.78, 5) is 37.9. The standard InChI is InChI=1S/C34H31N5O4/c1-22-7-5-15-38-31(40)17-25(35-33(22)38)20-37(21-26-18-32(41)39-16-6-8-23(2)34(39)36-26)27-11-14-30(43-4)29(19-27)24-9-12-28(42-3)13-10-24/h5-19H,20-21H2,1-4H3. The molecule has 9 heteroatoms. The van der Waals surface area contributed by atoms with E-state index in [1.54, 1.807) is 47.5 Å². The van der Waals surface area contributed by atoms with Gasteiger partial charge in [-0.3, -0.25) is 18.4 Å². The molecule has 6 aromatic rings. The summed E-state index contributed by atoms with van der Waals surface area (Å²) in [5.41, 5.74) is 6.61. The third kappa shape index (κ3) is 5.44. The van der Waals surface area contributed by atoms with Crippen molar-refractivity contribution >= 4 is 17.0 Å². The number of hydrogen-bond acceptors (Lipinski definition) is 7. The number of rotatable bonds is 8. The Kier molecular flexibility index (Phi) is 7.38. The molecule has 4 heterocycles. The van der Waals surface area contributed by atoms with Gasteiger partial charge in [0, 0.05) is 35.8 Å². The van der Waals surface area contributed by atoms with Gasteiger partial charge in [0.2, 0.25) is 0 Å². The van der Waals surface area contributed by atoms with Crippen molar-refractivity contribution in [1.82, 2.24) is 18.8 Å². The van der Waals surface area contributed by atoms with Crippen LogP contribution < -0.4 is 25.5 Å². The average Bonchev–Trinajstić information content (AvgIpc) is 3.01. The van der Waals surface area contributed by atoms with Crippen molar-refractivity contribution in [3.8, 4) is 22.6 Å². The minimum Gasteiger partial charge on any atom is -0.497 e. The molecule has 2 aromatic carbocycles. The van der Waals surface area contributed by atoms with Gasteiger partial charge in [0.25, 0.3) is 11.1 Å². The normalized spacial score (nSPS) is 11.2. The van der Waals surface area contributed by atoms with Crippen molar-refractivity contribution in [3.63, 3.8) is 0 Å². The molecule has 4 aromatic heterocycles. The van der Waals surface area contributed by atoms with E-state index in [0.717, 1.165) is 33.7 Å². The highest BCUT2D eigenvalue weighted by atomic mass is 16.5. The Morgan fingerprint density at radius 2 is 1.26 bits per heavy atom. The van der Waals surface area contributed by atoms with Crippen LogP contribution in [0.1, 0.15) is 22.5 Å². The maximum Gasteiger partial charge on any atom is 0.258 e. The van der Waals surface area contributed by atoms with E-state index in [0.29, 0.717) is 41.5 Å². The van der Waals surface area contributed by atoms with Crippen molar-refractivity contribution < 1.29 is 9.47 Å². The van der Waals surface area contributed by atoms with E-state index < -0.39 is 0 Å². The van der Waals surface area contributed by atoms with Gasteiger partial charge in [0.1, 0.15) is 22.8 Å². The van der Waals surface area contributed by atoms with Gasteiger partial charge in [-0.15, -0.1) is 0 Å². The fraction of sp³-hybridized carbons (Fsp3) is 0.176. The highest BCUT2D eigenvalue weighted by Gasteiger charge is 2.17. The van der Waals surface area contributed by atoms with Crippen LogP contribution >= 0.6 is 0 Å². The summed E-state index contributed by atoms with van der Waals surface area (Å²) in [6.07, 6.45) is 3.44. The third-order valence-corrected chi connectivity index (χ3v) is 7.53. The molecule has 6 rings (SSSR count). The maximum absolute atomic E-state index is 13.1. The van der Waals surface area contributed by atoms with Crippen molar-refractivity contribution in [3.05, 3.63) is 134 Å². The number of nitrogens with zero attached hydrogens (tertiary/aromatic N) is 5. The first-order valence-corrected chi connectivity index (χ1v) is 13.9. The topological polar surface area (TPSA) is 90.4 Å². The molecule has 0 saturated heterocycles. The number of aromatic nitrogens is 4. The van der Waals surface area contributed by atoms with Crippen LogP contribution in [0.4, 0.5) is 5.69 Å². The zero-order chi connectivity index (χ0) is 30.1. The third-order valence-electron chi connectivity index (χ3n) is 7.53. The van der Waals surface area contributed by atoms with Gasteiger partial charge in [-0.2, -0.15) is 0 Å². The Hall–Kier alpha value is -5.44. The van der Waals surface area contributed by atoms with E-state index in [1.807, 2.05) is 80.6 Å². The summed E-state index contributed by atoms with van der Waals surface area (Å²) in [7, 11) is 3.28. The first-order chi connectivity index (χ1) is 20.8. The molecule has 0 radical (unpaired) electrons. The first-order valence-electron chi connectivity index (χ1n) is 13.9. The largest absolute Gasteiger partial charge is 0.497 e. The highest BCUT2D eigenvalue weighted by molar-refractivity contribution is 5.75. The summed E-state index contributed by atoms with van der Waals surface area (Å²) >= 11 is 0. The van der Waals surface area contributed by atoms with Crippen LogP contribution in [0, 0.1) is 13.8 Å². The molecule has 0 N–H and O–H groups in total. The Balaban J connectivity index is 1.48. The van der Waals surface area contributed by atoms with Gasteiger partial charge in [-0.1, -0.05) is 24.3 Å². The Bertz CT molecular complexity index is 1980. The van der Waals surface area contributed by atoms with Gasteiger partial charge in [-0.25, -0.2) is 9.97 Å². The number of aryl methyl sites for hydroxylation is 2. The lowest BCUT2D eigenvalue weighted by molar-refractivity contribution is 0.414. The molecule has 0 fully saturated rings. The maximum atomic E-state index is 13.1. The lowest BCUT2D eigenvalue weighted by atomic mass is 10.0. The number of hydrogen-bond donors (Lipinski definition) is 0. The molecule has 0 aliphatic rings. The first kappa shape index (κ1) is 27.7. The Morgan fingerprint density at radius 1 is 0.698 bits per heavy atom. The number of pyridine rings is 2. The molecule has 0 aliphatic carbocycles. The molecule has 0 spiro atoms. The average molecular weight is 574 g/mol. The smallest absolute Gasteiger partial charge is 0.258 e. The SMILES string of the molecule is COc1ccc(-c2cc(N(Cc3cc(=O)n4cccc(C)c4n3)Cc3cc(=O)n4cccc(C)c4n3)ccc2OC)cc1. The summed E-state index contributed by atoms with van der Waals surface area (Å²) in [6.45, 7) is 4.48. The molecule has 0 amide bonds. The molecule has 216 valence electrons. The van der Waals surface area contributed by atoms with Crippen LogP contribution in [0.3, 0.4) is 0 Å².